The molecular formula is C19H20N2O. The van der Waals surface area contributed by atoms with Crippen LogP contribution < -0.4 is 0 Å². The summed E-state index contributed by atoms with van der Waals surface area (Å²) in [6.07, 6.45) is 4.17. The Kier molecular flexibility index (Phi) is 3.57. The van der Waals surface area contributed by atoms with E-state index in [1.807, 2.05) is 24.4 Å². The highest BCUT2D eigenvalue weighted by atomic mass is 16.3. The molecule has 112 valence electrons. The predicted octanol–water partition coefficient (Wildman–Crippen LogP) is 2.29. The standard InChI is InChI=1S/C19H20N2O/c22-13-18-10-15-7-8-21(18)12-17(15)6-5-14-9-16-3-1-2-4-19(16)20-11-14/h1-4,9,11,15,17-18,22H,7-8,10,12-13H2/t15?,17-,18-/m0/s1. The van der Waals surface area contributed by atoms with Crippen LogP contribution in [0.3, 0.4) is 0 Å². The Bertz CT molecular complexity index is 746. The highest BCUT2D eigenvalue weighted by Gasteiger charge is 2.38. The van der Waals surface area contributed by atoms with Crippen molar-refractivity contribution in [3.8, 4) is 11.8 Å². The lowest BCUT2D eigenvalue weighted by molar-refractivity contribution is -0.00370. The summed E-state index contributed by atoms with van der Waals surface area (Å²) < 4.78 is 0. The molecule has 3 heteroatoms. The van der Waals surface area contributed by atoms with Gasteiger partial charge in [0.25, 0.3) is 0 Å². The highest BCUT2D eigenvalue weighted by Crippen LogP contribution is 2.35. The molecule has 4 atom stereocenters. The van der Waals surface area contributed by atoms with Crippen LogP contribution in [0.1, 0.15) is 18.4 Å². The molecule has 1 aromatic heterocycles. The summed E-state index contributed by atoms with van der Waals surface area (Å²) in [5, 5.41) is 10.6. The van der Waals surface area contributed by atoms with Gasteiger partial charge in [0.1, 0.15) is 0 Å². The topological polar surface area (TPSA) is 36.4 Å². The first kappa shape index (κ1) is 13.8. The van der Waals surface area contributed by atoms with Gasteiger partial charge in [-0.05, 0) is 37.4 Å². The summed E-state index contributed by atoms with van der Waals surface area (Å²) >= 11 is 0. The number of rotatable bonds is 1. The van der Waals surface area contributed by atoms with Gasteiger partial charge in [0, 0.05) is 35.7 Å². The van der Waals surface area contributed by atoms with Gasteiger partial charge in [0.05, 0.1) is 12.1 Å². The van der Waals surface area contributed by atoms with Gasteiger partial charge in [0.15, 0.2) is 0 Å². The van der Waals surface area contributed by atoms with Crippen LogP contribution in [0.15, 0.2) is 36.5 Å². The molecule has 3 saturated heterocycles. The zero-order chi connectivity index (χ0) is 14.9. The number of hydrogen-bond donors (Lipinski definition) is 1. The molecule has 0 aliphatic carbocycles. The van der Waals surface area contributed by atoms with Crippen molar-refractivity contribution in [1.29, 1.82) is 0 Å². The molecule has 5 rings (SSSR count). The molecule has 0 radical (unpaired) electrons. The summed E-state index contributed by atoms with van der Waals surface area (Å²) in [5.74, 6) is 7.86. The molecule has 0 amide bonds. The molecule has 3 aliphatic rings. The van der Waals surface area contributed by atoms with Crippen molar-refractivity contribution < 1.29 is 5.11 Å². The van der Waals surface area contributed by atoms with Crippen molar-refractivity contribution in [3.05, 3.63) is 42.1 Å². The molecule has 2 bridgehead atoms. The van der Waals surface area contributed by atoms with Gasteiger partial charge in [0.2, 0.25) is 0 Å². The van der Waals surface area contributed by atoms with Crippen LogP contribution in [-0.2, 0) is 0 Å². The fourth-order valence-corrected chi connectivity index (χ4v) is 3.81. The number of piperidine rings is 3. The summed E-state index contributed by atoms with van der Waals surface area (Å²) in [7, 11) is 0. The summed E-state index contributed by atoms with van der Waals surface area (Å²) in [6.45, 7) is 2.40. The number of aliphatic hydroxyl groups excluding tert-OH is 1. The van der Waals surface area contributed by atoms with E-state index in [2.05, 4.69) is 33.9 Å². The van der Waals surface area contributed by atoms with Gasteiger partial charge in [-0.3, -0.25) is 9.88 Å². The monoisotopic (exact) mass is 292 g/mol. The molecule has 3 aliphatic heterocycles. The van der Waals surface area contributed by atoms with Gasteiger partial charge < -0.3 is 5.11 Å². The molecule has 0 spiro atoms. The van der Waals surface area contributed by atoms with Crippen LogP contribution in [0, 0.1) is 23.7 Å². The van der Waals surface area contributed by atoms with Crippen LogP contribution in [0.25, 0.3) is 10.9 Å². The van der Waals surface area contributed by atoms with Crippen molar-refractivity contribution in [1.82, 2.24) is 9.88 Å². The first-order chi connectivity index (χ1) is 10.8. The Morgan fingerprint density at radius 3 is 3.05 bits per heavy atom. The maximum Gasteiger partial charge on any atom is 0.0702 e. The molecular weight excluding hydrogens is 272 g/mol. The van der Waals surface area contributed by atoms with Gasteiger partial charge >= 0.3 is 0 Å². The second-order valence-corrected chi connectivity index (χ2v) is 6.41. The first-order valence-electron chi connectivity index (χ1n) is 8.05. The normalized spacial score (nSPS) is 30.0. The molecule has 3 nitrogen and oxygen atoms in total. The average molecular weight is 292 g/mol. The number of aliphatic hydroxyl groups is 1. The molecule has 2 unspecified atom stereocenters. The second kappa shape index (κ2) is 5.72. The van der Waals surface area contributed by atoms with Gasteiger partial charge in [-0.15, -0.1) is 0 Å². The third-order valence-electron chi connectivity index (χ3n) is 5.08. The van der Waals surface area contributed by atoms with Crippen LogP contribution >= 0.6 is 0 Å². The molecule has 22 heavy (non-hydrogen) atoms. The van der Waals surface area contributed by atoms with E-state index in [0.29, 0.717) is 17.9 Å². The maximum absolute atomic E-state index is 9.42. The number of nitrogens with zero attached hydrogens (tertiary/aromatic N) is 2. The minimum absolute atomic E-state index is 0.283. The van der Waals surface area contributed by atoms with E-state index in [1.54, 1.807) is 0 Å². The molecule has 4 heterocycles. The SMILES string of the molecule is OC[C@@H]1CC2CCN1C[C@@H]2C#Cc1cnc2ccccc2c1. The van der Waals surface area contributed by atoms with E-state index < -0.39 is 0 Å². The number of para-hydroxylation sites is 1. The molecule has 1 N–H and O–H groups in total. The van der Waals surface area contributed by atoms with Gasteiger partial charge in [-0.2, -0.15) is 0 Å². The molecule has 1 aromatic carbocycles. The van der Waals surface area contributed by atoms with Crippen molar-refractivity contribution in [3.63, 3.8) is 0 Å². The number of hydrogen-bond acceptors (Lipinski definition) is 3. The second-order valence-electron chi connectivity index (χ2n) is 6.41. The average Bonchev–Trinajstić information content (AvgIpc) is 2.60. The lowest BCUT2D eigenvalue weighted by atomic mass is 9.76. The summed E-state index contributed by atoms with van der Waals surface area (Å²) in [5.41, 5.74) is 2.01. The Hall–Kier alpha value is -1.89. The summed E-state index contributed by atoms with van der Waals surface area (Å²) in [6, 6.07) is 10.6. The van der Waals surface area contributed by atoms with Crippen LogP contribution in [0.2, 0.25) is 0 Å². The zero-order valence-corrected chi connectivity index (χ0v) is 12.6. The Labute approximate surface area is 131 Å². The van der Waals surface area contributed by atoms with Gasteiger partial charge in [-0.1, -0.05) is 30.0 Å². The van der Waals surface area contributed by atoms with Crippen LogP contribution in [0.5, 0.6) is 0 Å². The highest BCUT2D eigenvalue weighted by molar-refractivity contribution is 5.79. The quantitative estimate of drug-likeness (QED) is 0.819. The Morgan fingerprint density at radius 2 is 2.23 bits per heavy atom. The van der Waals surface area contributed by atoms with Crippen LogP contribution in [-0.4, -0.2) is 40.7 Å². The first-order valence-corrected chi connectivity index (χ1v) is 8.05. The molecule has 3 fully saturated rings. The van der Waals surface area contributed by atoms with E-state index >= 15 is 0 Å². The predicted molar refractivity (Wildman–Crippen MR) is 87.3 cm³/mol. The minimum Gasteiger partial charge on any atom is -0.395 e. The number of fused-ring (bicyclic) bond motifs is 4. The van der Waals surface area contributed by atoms with Gasteiger partial charge in [-0.25, -0.2) is 0 Å². The van der Waals surface area contributed by atoms with Crippen molar-refractivity contribution in [2.45, 2.75) is 18.9 Å². The largest absolute Gasteiger partial charge is 0.395 e. The lowest BCUT2D eigenvalue weighted by Gasteiger charge is -2.47. The van der Waals surface area contributed by atoms with E-state index in [4.69, 9.17) is 0 Å². The smallest absolute Gasteiger partial charge is 0.0702 e. The van der Waals surface area contributed by atoms with Crippen molar-refractivity contribution >= 4 is 10.9 Å². The molecule has 0 saturated carbocycles. The Balaban J connectivity index is 1.55. The fraction of sp³-hybridized carbons (Fsp3) is 0.421. The van der Waals surface area contributed by atoms with E-state index in [0.717, 1.165) is 36.0 Å². The zero-order valence-electron chi connectivity index (χ0n) is 12.6. The number of pyridine rings is 1. The fourth-order valence-electron chi connectivity index (χ4n) is 3.81. The maximum atomic E-state index is 9.42. The minimum atomic E-state index is 0.283. The number of benzene rings is 1. The third-order valence-corrected chi connectivity index (χ3v) is 5.08. The van der Waals surface area contributed by atoms with E-state index in [9.17, 15) is 5.11 Å². The third kappa shape index (κ3) is 2.49. The van der Waals surface area contributed by atoms with E-state index in [1.165, 1.54) is 6.42 Å². The van der Waals surface area contributed by atoms with Crippen molar-refractivity contribution in [2.75, 3.05) is 19.7 Å². The summed E-state index contributed by atoms with van der Waals surface area (Å²) in [4.78, 5) is 6.87. The van der Waals surface area contributed by atoms with Crippen molar-refractivity contribution in [2.24, 2.45) is 11.8 Å². The molecule has 2 aromatic rings. The van der Waals surface area contributed by atoms with Crippen LogP contribution in [0.4, 0.5) is 0 Å². The van der Waals surface area contributed by atoms with E-state index in [-0.39, 0.29) is 6.61 Å². The Morgan fingerprint density at radius 1 is 1.32 bits per heavy atom. The lowest BCUT2D eigenvalue weighted by Crippen LogP contribution is -2.54. The number of aromatic nitrogens is 1.